The molecule has 1 atom stereocenters. The minimum Gasteiger partial charge on any atom is -0.379 e. The van der Waals surface area contributed by atoms with E-state index in [1.807, 2.05) is 24.3 Å². The number of nitrogens with one attached hydrogen (secondary N) is 2. The molecule has 0 aliphatic carbocycles. The molecule has 5 rings (SSSR count). The van der Waals surface area contributed by atoms with Crippen molar-refractivity contribution in [2.75, 3.05) is 31.6 Å². The summed E-state index contributed by atoms with van der Waals surface area (Å²) in [6.45, 7) is 3.08. The molecular formula is C22H22N6O4S2. The van der Waals surface area contributed by atoms with Gasteiger partial charge in [-0.05, 0) is 31.2 Å². The van der Waals surface area contributed by atoms with E-state index in [9.17, 15) is 13.2 Å². The van der Waals surface area contributed by atoms with Gasteiger partial charge in [-0.1, -0.05) is 36.0 Å². The first-order valence-electron chi connectivity index (χ1n) is 10.7. The zero-order valence-corrected chi connectivity index (χ0v) is 19.9. The first-order chi connectivity index (χ1) is 16.4. The third-order valence-electron chi connectivity index (χ3n) is 5.46. The topological polar surface area (TPSA) is 130 Å². The van der Waals surface area contributed by atoms with Crippen molar-refractivity contribution in [1.82, 2.24) is 24.5 Å². The molecule has 1 saturated heterocycles. The first kappa shape index (κ1) is 22.7. The highest BCUT2D eigenvalue weighted by molar-refractivity contribution is 8.00. The van der Waals surface area contributed by atoms with Gasteiger partial charge in [-0.3, -0.25) is 4.79 Å². The van der Waals surface area contributed by atoms with E-state index in [2.05, 4.69) is 25.5 Å². The van der Waals surface area contributed by atoms with E-state index in [-0.39, 0.29) is 10.8 Å². The van der Waals surface area contributed by atoms with Crippen molar-refractivity contribution in [3.05, 3.63) is 48.5 Å². The molecular weight excluding hydrogens is 476 g/mol. The zero-order chi connectivity index (χ0) is 23.7. The second kappa shape index (κ2) is 9.29. The summed E-state index contributed by atoms with van der Waals surface area (Å²) in [5.74, 6) is -0.300. The molecule has 3 heterocycles. The lowest BCUT2D eigenvalue weighted by atomic mass is 10.2. The van der Waals surface area contributed by atoms with Crippen LogP contribution in [0.2, 0.25) is 0 Å². The van der Waals surface area contributed by atoms with Gasteiger partial charge in [0, 0.05) is 29.7 Å². The Hall–Kier alpha value is -3.06. The number of carbonyl (C=O) groups excluding carboxylic acids is 1. The Morgan fingerprint density at radius 1 is 1.15 bits per heavy atom. The summed E-state index contributed by atoms with van der Waals surface area (Å²) in [5, 5.41) is 12.0. The lowest BCUT2D eigenvalue weighted by molar-refractivity contribution is -0.115. The lowest BCUT2D eigenvalue weighted by Gasteiger charge is -2.26. The van der Waals surface area contributed by atoms with Crippen molar-refractivity contribution < 1.29 is 17.9 Å². The van der Waals surface area contributed by atoms with Crippen LogP contribution in [0.15, 0.2) is 58.6 Å². The Morgan fingerprint density at radius 2 is 1.94 bits per heavy atom. The van der Waals surface area contributed by atoms with Gasteiger partial charge >= 0.3 is 0 Å². The second-order valence-electron chi connectivity index (χ2n) is 7.76. The Labute approximate surface area is 200 Å². The van der Waals surface area contributed by atoms with Gasteiger partial charge in [0.15, 0.2) is 5.65 Å². The van der Waals surface area contributed by atoms with Gasteiger partial charge in [-0.15, -0.1) is 10.2 Å². The summed E-state index contributed by atoms with van der Waals surface area (Å²) in [5.41, 5.74) is 2.60. The van der Waals surface area contributed by atoms with Crippen LogP contribution in [0.5, 0.6) is 0 Å². The van der Waals surface area contributed by atoms with Crippen molar-refractivity contribution in [3.8, 4) is 0 Å². The quantitative estimate of drug-likeness (QED) is 0.388. The molecule has 2 N–H and O–H groups in total. The van der Waals surface area contributed by atoms with Crippen molar-refractivity contribution in [2.45, 2.75) is 22.2 Å². The predicted molar refractivity (Wildman–Crippen MR) is 129 cm³/mol. The van der Waals surface area contributed by atoms with Gasteiger partial charge in [0.05, 0.1) is 23.4 Å². The molecule has 0 spiro atoms. The van der Waals surface area contributed by atoms with E-state index in [1.165, 1.54) is 28.2 Å². The van der Waals surface area contributed by atoms with Gasteiger partial charge < -0.3 is 15.0 Å². The number of H-pyrrole nitrogens is 1. The Balaban J connectivity index is 1.29. The van der Waals surface area contributed by atoms with Gasteiger partial charge in [0.1, 0.15) is 5.52 Å². The number of hydrogen-bond acceptors (Lipinski definition) is 8. The smallest absolute Gasteiger partial charge is 0.243 e. The SMILES string of the molecule is CC(Sc1nnc2c(n1)[nH]c1ccccc12)C(=O)Nc1cccc(S(=O)(=O)N2CCOCC2)c1. The summed E-state index contributed by atoms with van der Waals surface area (Å²) < 4.78 is 32.4. The zero-order valence-electron chi connectivity index (χ0n) is 18.3. The summed E-state index contributed by atoms with van der Waals surface area (Å²) in [4.78, 5) is 20.6. The number of amides is 1. The number of nitrogens with zero attached hydrogens (tertiary/aromatic N) is 4. The standard InChI is InChI=1S/C22H22N6O4S2/c1-14(33-22-25-20-19(26-27-22)17-7-2-3-8-18(17)24-20)21(29)23-15-5-4-6-16(13-15)34(30,31)28-9-11-32-12-10-28/h2-8,13-14H,9-12H2,1H3,(H,23,29)(H,24,25,27). The summed E-state index contributed by atoms with van der Waals surface area (Å²) >= 11 is 1.17. The fourth-order valence-electron chi connectivity index (χ4n) is 3.68. The number of aromatic nitrogens is 4. The molecule has 176 valence electrons. The number of hydrogen-bond donors (Lipinski definition) is 2. The highest BCUT2D eigenvalue weighted by Gasteiger charge is 2.27. The molecule has 0 bridgehead atoms. The van der Waals surface area contributed by atoms with Crippen LogP contribution < -0.4 is 5.32 Å². The number of carbonyl (C=O) groups is 1. The Morgan fingerprint density at radius 3 is 2.76 bits per heavy atom. The molecule has 0 radical (unpaired) electrons. The third-order valence-corrected chi connectivity index (χ3v) is 8.31. The largest absolute Gasteiger partial charge is 0.379 e. The number of ether oxygens (including phenoxy) is 1. The van der Waals surface area contributed by atoms with E-state index in [0.29, 0.717) is 48.3 Å². The molecule has 10 nitrogen and oxygen atoms in total. The maximum atomic E-state index is 12.9. The number of anilines is 1. The summed E-state index contributed by atoms with van der Waals surface area (Å²) in [6.07, 6.45) is 0. The molecule has 1 aliphatic heterocycles. The van der Waals surface area contributed by atoms with Crippen molar-refractivity contribution >= 4 is 55.4 Å². The number of rotatable bonds is 6. The van der Waals surface area contributed by atoms with E-state index >= 15 is 0 Å². The average Bonchev–Trinajstić information content (AvgIpc) is 3.22. The van der Waals surface area contributed by atoms with Gasteiger partial charge in [0.2, 0.25) is 21.1 Å². The van der Waals surface area contributed by atoms with Crippen LogP contribution in [0.1, 0.15) is 6.92 Å². The predicted octanol–water partition coefficient (Wildman–Crippen LogP) is 2.65. The number of fused-ring (bicyclic) bond motifs is 3. The van der Waals surface area contributed by atoms with E-state index in [0.717, 1.165) is 10.9 Å². The number of sulfonamides is 1. The average molecular weight is 499 g/mol. The summed E-state index contributed by atoms with van der Waals surface area (Å²) in [6, 6.07) is 14.0. The molecule has 1 aliphatic rings. The van der Waals surface area contributed by atoms with E-state index in [1.54, 1.807) is 19.1 Å². The number of para-hydroxylation sites is 1. The maximum Gasteiger partial charge on any atom is 0.243 e. The molecule has 2 aromatic carbocycles. The molecule has 1 amide bonds. The van der Waals surface area contributed by atoms with Crippen LogP contribution in [0.4, 0.5) is 5.69 Å². The lowest BCUT2D eigenvalue weighted by Crippen LogP contribution is -2.40. The van der Waals surface area contributed by atoms with Gasteiger partial charge in [-0.25, -0.2) is 13.4 Å². The van der Waals surface area contributed by atoms with Crippen LogP contribution in [0, 0.1) is 0 Å². The Kier molecular flexibility index (Phi) is 6.21. The fraction of sp³-hybridized carbons (Fsp3) is 0.273. The number of aromatic amines is 1. The molecule has 2 aromatic heterocycles. The molecule has 34 heavy (non-hydrogen) atoms. The first-order valence-corrected chi connectivity index (χ1v) is 13.0. The van der Waals surface area contributed by atoms with Crippen LogP contribution in [0.3, 0.4) is 0 Å². The molecule has 4 aromatic rings. The Bertz CT molecular complexity index is 1470. The molecule has 12 heteroatoms. The monoisotopic (exact) mass is 498 g/mol. The van der Waals surface area contributed by atoms with E-state index in [4.69, 9.17) is 4.74 Å². The van der Waals surface area contributed by atoms with Crippen molar-refractivity contribution in [1.29, 1.82) is 0 Å². The number of thioether (sulfide) groups is 1. The van der Waals surface area contributed by atoms with Crippen molar-refractivity contribution in [3.63, 3.8) is 0 Å². The normalized spacial score (nSPS) is 16.0. The highest BCUT2D eigenvalue weighted by atomic mass is 32.2. The van der Waals surface area contributed by atoms with Crippen LogP contribution in [-0.4, -0.2) is 70.3 Å². The third kappa shape index (κ3) is 4.49. The van der Waals surface area contributed by atoms with Gasteiger partial charge in [-0.2, -0.15) is 4.31 Å². The number of morpholine rings is 1. The molecule has 0 saturated carbocycles. The fourth-order valence-corrected chi connectivity index (χ4v) is 5.85. The molecule has 1 fully saturated rings. The van der Waals surface area contributed by atoms with Crippen molar-refractivity contribution in [2.24, 2.45) is 0 Å². The number of benzene rings is 2. The minimum absolute atomic E-state index is 0.129. The van der Waals surface area contributed by atoms with Crippen LogP contribution >= 0.6 is 11.8 Å². The van der Waals surface area contributed by atoms with E-state index < -0.39 is 15.3 Å². The molecule has 1 unspecified atom stereocenters. The highest BCUT2D eigenvalue weighted by Crippen LogP contribution is 2.26. The minimum atomic E-state index is -3.66. The second-order valence-corrected chi connectivity index (χ2v) is 11.0. The maximum absolute atomic E-state index is 12.9. The summed E-state index contributed by atoms with van der Waals surface area (Å²) in [7, 11) is -3.66. The van der Waals surface area contributed by atoms with Crippen LogP contribution in [-0.2, 0) is 19.6 Å². The van der Waals surface area contributed by atoms with Gasteiger partial charge in [0.25, 0.3) is 0 Å². The van der Waals surface area contributed by atoms with Crippen LogP contribution in [0.25, 0.3) is 22.1 Å².